The van der Waals surface area contributed by atoms with Crippen molar-refractivity contribution in [1.82, 2.24) is 0 Å². The fourth-order valence-electron chi connectivity index (χ4n) is 1.93. The normalized spacial score (nSPS) is 14.4. The molecule has 0 fully saturated rings. The van der Waals surface area contributed by atoms with E-state index < -0.39 is 5.97 Å². The van der Waals surface area contributed by atoms with E-state index in [4.69, 9.17) is 5.11 Å². The summed E-state index contributed by atoms with van der Waals surface area (Å²) in [4.78, 5) is 11.1. The van der Waals surface area contributed by atoms with Crippen molar-refractivity contribution in [2.75, 3.05) is 11.9 Å². The van der Waals surface area contributed by atoms with E-state index in [1.165, 1.54) is 0 Å². The third kappa shape index (κ3) is 1.35. The number of anilines is 1. The number of hydrogen-bond acceptors (Lipinski definition) is 2. The predicted molar refractivity (Wildman–Crippen MR) is 54.9 cm³/mol. The lowest BCUT2D eigenvalue weighted by atomic mass is 9.96. The Bertz CT molecular complexity index is 385. The number of carboxylic acids is 1. The molecular formula is C11H13NO2. The van der Waals surface area contributed by atoms with Crippen molar-refractivity contribution in [2.24, 2.45) is 0 Å². The minimum Gasteiger partial charge on any atom is -0.478 e. The van der Waals surface area contributed by atoms with E-state index in [0.29, 0.717) is 5.56 Å². The van der Waals surface area contributed by atoms with Crippen LogP contribution in [0.4, 0.5) is 5.69 Å². The van der Waals surface area contributed by atoms with Crippen molar-refractivity contribution in [3.8, 4) is 0 Å². The number of hydrogen-bond donors (Lipinski definition) is 2. The molecule has 0 aromatic heterocycles. The molecule has 0 radical (unpaired) electrons. The Kier molecular flexibility index (Phi) is 2.15. The van der Waals surface area contributed by atoms with Crippen molar-refractivity contribution in [1.29, 1.82) is 0 Å². The third-order valence-corrected chi connectivity index (χ3v) is 2.64. The average Bonchev–Trinajstić information content (AvgIpc) is 2.17. The van der Waals surface area contributed by atoms with Gasteiger partial charge in [0.05, 0.1) is 11.3 Å². The fraction of sp³-hybridized carbons (Fsp3) is 0.364. The van der Waals surface area contributed by atoms with E-state index in [1.807, 2.05) is 19.1 Å². The standard InChI is InChI=1S/C11H13NO2/c1-7-4-5-8-3-2-6-12-10(8)9(7)11(13)14/h4-5,12H,2-3,6H2,1H3,(H,13,14). The predicted octanol–water partition coefficient (Wildman–Crippen LogP) is 2.05. The number of benzene rings is 1. The van der Waals surface area contributed by atoms with Crippen LogP contribution in [-0.4, -0.2) is 17.6 Å². The van der Waals surface area contributed by atoms with Crippen LogP contribution in [0.15, 0.2) is 12.1 Å². The van der Waals surface area contributed by atoms with Gasteiger partial charge in [-0.2, -0.15) is 0 Å². The molecule has 0 bridgehead atoms. The Balaban J connectivity index is 2.60. The van der Waals surface area contributed by atoms with Crippen molar-refractivity contribution in [3.63, 3.8) is 0 Å². The number of aryl methyl sites for hydroxylation is 2. The van der Waals surface area contributed by atoms with Crippen molar-refractivity contribution in [2.45, 2.75) is 19.8 Å². The largest absolute Gasteiger partial charge is 0.478 e. The Labute approximate surface area is 82.8 Å². The molecule has 14 heavy (non-hydrogen) atoms. The quantitative estimate of drug-likeness (QED) is 0.714. The molecule has 0 atom stereocenters. The molecule has 1 heterocycles. The van der Waals surface area contributed by atoms with Gasteiger partial charge in [0.2, 0.25) is 0 Å². The summed E-state index contributed by atoms with van der Waals surface area (Å²) in [6.45, 7) is 2.71. The maximum absolute atomic E-state index is 11.1. The van der Waals surface area contributed by atoms with E-state index in [0.717, 1.165) is 36.2 Å². The zero-order valence-corrected chi connectivity index (χ0v) is 8.13. The zero-order valence-electron chi connectivity index (χ0n) is 8.13. The van der Waals surface area contributed by atoms with Crippen LogP contribution in [0.25, 0.3) is 0 Å². The maximum atomic E-state index is 11.1. The SMILES string of the molecule is Cc1ccc2c(c1C(=O)O)NCCC2. The Morgan fingerprint density at radius 2 is 2.29 bits per heavy atom. The molecule has 1 aliphatic rings. The summed E-state index contributed by atoms with van der Waals surface area (Å²) >= 11 is 0. The van der Waals surface area contributed by atoms with Gasteiger partial charge in [-0.15, -0.1) is 0 Å². The lowest BCUT2D eigenvalue weighted by molar-refractivity contribution is 0.0697. The number of rotatable bonds is 1. The molecule has 1 aliphatic heterocycles. The molecule has 74 valence electrons. The highest BCUT2D eigenvalue weighted by atomic mass is 16.4. The van der Waals surface area contributed by atoms with Gasteiger partial charge in [-0.05, 0) is 30.9 Å². The van der Waals surface area contributed by atoms with E-state index in [9.17, 15) is 4.79 Å². The summed E-state index contributed by atoms with van der Waals surface area (Å²) < 4.78 is 0. The van der Waals surface area contributed by atoms with Gasteiger partial charge < -0.3 is 10.4 Å². The molecule has 0 aliphatic carbocycles. The lowest BCUT2D eigenvalue weighted by Gasteiger charge is -2.20. The Morgan fingerprint density at radius 3 is 3.00 bits per heavy atom. The van der Waals surface area contributed by atoms with Crippen LogP contribution in [0, 0.1) is 6.92 Å². The highest BCUT2D eigenvalue weighted by Crippen LogP contribution is 2.28. The van der Waals surface area contributed by atoms with Gasteiger partial charge in [-0.25, -0.2) is 4.79 Å². The summed E-state index contributed by atoms with van der Waals surface area (Å²) in [6, 6.07) is 3.90. The van der Waals surface area contributed by atoms with Gasteiger partial charge in [-0.1, -0.05) is 12.1 Å². The first-order chi connectivity index (χ1) is 6.70. The number of carboxylic acid groups (broad SMARTS) is 1. The highest BCUT2D eigenvalue weighted by molar-refractivity contribution is 5.97. The first kappa shape index (κ1) is 9.06. The number of nitrogens with one attached hydrogen (secondary N) is 1. The summed E-state index contributed by atoms with van der Waals surface area (Å²) in [6.07, 6.45) is 2.05. The first-order valence-electron chi connectivity index (χ1n) is 4.80. The highest BCUT2D eigenvalue weighted by Gasteiger charge is 2.18. The summed E-state index contributed by atoms with van der Waals surface area (Å²) in [5, 5.41) is 12.3. The fourth-order valence-corrected chi connectivity index (χ4v) is 1.93. The molecule has 1 aromatic rings. The molecular weight excluding hydrogens is 178 g/mol. The number of fused-ring (bicyclic) bond motifs is 1. The van der Waals surface area contributed by atoms with Gasteiger partial charge in [0.25, 0.3) is 0 Å². The van der Waals surface area contributed by atoms with Gasteiger partial charge in [0, 0.05) is 6.54 Å². The second-order valence-electron chi connectivity index (χ2n) is 3.63. The maximum Gasteiger partial charge on any atom is 0.338 e. The molecule has 0 unspecified atom stereocenters. The van der Waals surface area contributed by atoms with E-state index in [2.05, 4.69) is 5.32 Å². The lowest BCUT2D eigenvalue weighted by Crippen LogP contribution is -2.16. The molecule has 0 amide bonds. The molecule has 2 N–H and O–H groups in total. The number of aromatic carboxylic acids is 1. The summed E-state index contributed by atoms with van der Waals surface area (Å²) in [7, 11) is 0. The molecule has 0 saturated heterocycles. The van der Waals surface area contributed by atoms with E-state index in [1.54, 1.807) is 0 Å². The zero-order chi connectivity index (χ0) is 10.1. The van der Waals surface area contributed by atoms with E-state index >= 15 is 0 Å². The van der Waals surface area contributed by atoms with Gasteiger partial charge in [0.1, 0.15) is 0 Å². The minimum atomic E-state index is -0.839. The topological polar surface area (TPSA) is 49.3 Å². The summed E-state index contributed by atoms with van der Waals surface area (Å²) in [5.74, 6) is -0.839. The molecule has 0 spiro atoms. The van der Waals surface area contributed by atoms with Crippen LogP contribution in [-0.2, 0) is 6.42 Å². The molecule has 3 nitrogen and oxygen atoms in total. The van der Waals surface area contributed by atoms with Crippen LogP contribution in [0.2, 0.25) is 0 Å². The second kappa shape index (κ2) is 3.33. The Morgan fingerprint density at radius 1 is 1.50 bits per heavy atom. The van der Waals surface area contributed by atoms with Crippen LogP contribution < -0.4 is 5.32 Å². The average molecular weight is 191 g/mol. The Hall–Kier alpha value is -1.51. The van der Waals surface area contributed by atoms with Gasteiger partial charge in [0.15, 0.2) is 0 Å². The van der Waals surface area contributed by atoms with Crippen molar-refractivity contribution in [3.05, 3.63) is 28.8 Å². The smallest absolute Gasteiger partial charge is 0.338 e. The van der Waals surface area contributed by atoms with Crippen LogP contribution >= 0.6 is 0 Å². The van der Waals surface area contributed by atoms with E-state index in [-0.39, 0.29) is 0 Å². The first-order valence-corrected chi connectivity index (χ1v) is 4.80. The minimum absolute atomic E-state index is 0.433. The molecule has 1 aromatic carbocycles. The van der Waals surface area contributed by atoms with Crippen LogP contribution in [0.5, 0.6) is 0 Å². The van der Waals surface area contributed by atoms with Crippen molar-refractivity contribution >= 4 is 11.7 Å². The monoisotopic (exact) mass is 191 g/mol. The summed E-state index contributed by atoms with van der Waals surface area (Å²) in [5.41, 5.74) is 3.20. The van der Waals surface area contributed by atoms with Gasteiger partial charge in [-0.3, -0.25) is 0 Å². The van der Waals surface area contributed by atoms with Gasteiger partial charge >= 0.3 is 5.97 Å². The van der Waals surface area contributed by atoms with Crippen LogP contribution in [0.1, 0.15) is 27.9 Å². The second-order valence-corrected chi connectivity index (χ2v) is 3.63. The molecule has 0 saturated carbocycles. The number of carbonyl (C=O) groups is 1. The third-order valence-electron chi connectivity index (χ3n) is 2.64. The van der Waals surface area contributed by atoms with Crippen LogP contribution in [0.3, 0.4) is 0 Å². The molecule has 3 heteroatoms. The molecule has 2 rings (SSSR count). The van der Waals surface area contributed by atoms with Crippen molar-refractivity contribution < 1.29 is 9.90 Å².